The maximum absolute atomic E-state index is 9.60. The van der Waals surface area contributed by atoms with Gasteiger partial charge in [-0.25, -0.2) is 0 Å². The molecule has 0 radical (unpaired) electrons. The highest BCUT2D eigenvalue weighted by Gasteiger charge is 2.18. The van der Waals surface area contributed by atoms with E-state index in [0.29, 0.717) is 18.3 Å². The number of nitrogens with two attached hydrogens (primary N) is 1. The van der Waals surface area contributed by atoms with E-state index >= 15 is 0 Å². The van der Waals surface area contributed by atoms with Gasteiger partial charge in [0.15, 0.2) is 17.5 Å². The number of hydrogen-bond acceptors (Lipinski definition) is 5. The maximum Gasteiger partial charge on any atom is 0.189 e. The van der Waals surface area contributed by atoms with Crippen LogP contribution in [0.4, 0.5) is 0 Å². The Labute approximate surface area is 87.6 Å². The predicted octanol–water partition coefficient (Wildman–Crippen LogP) is 0.360. The number of phenolic OH excluding ortho intramolecular Hbond substituents is 1. The molecule has 15 heavy (non-hydrogen) atoms. The third kappa shape index (κ3) is 1.81. The van der Waals surface area contributed by atoms with Crippen LogP contribution in [0.2, 0.25) is 0 Å². The average molecular weight is 207 g/mol. The van der Waals surface area contributed by atoms with Crippen LogP contribution in [0.25, 0.3) is 0 Å². The Balaban J connectivity index is 2.20. The normalized spacial score (nSPS) is 19.5. The molecule has 4 N–H and O–H groups in total. The van der Waals surface area contributed by atoms with Crippen molar-refractivity contribution in [1.82, 2.24) is 5.32 Å². The molecule has 0 aromatic heterocycles. The fraction of sp³-hybridized carbons (Fsp3) is 0.300. The van der Waals surface area contributed by atoms with Crippen molar-refractivity contribution in [1.29, 1.82) is 0 Å². The van der Waals surface area contributed by atoms with Crippen LogP contribution in [-0.4, -0.2) is 24.7 Å². The van der Waals surface area contributed by atoms with Crippen molar-refractivity contribution in [3.05, 3.63) is 23.8 Å². The van der Waals surface area contributed by atoms with Gasteiger partial charge >= 0.3 is 0 Å². The first-order valence-corrected chi connectivity index (χ1v) is 4.64. The predicted molar refractivity (Wildman–Crippen MR) is 57.0 cm³/mol. The zero-order valence-corrected chi connectivity index (χ0v) is 8.40. The molecular formula is C10H13N3O2. The zero-order chi connectivity index (χ0) is 10.8. The van der Waals surface area contributed by atoms with E-state index in [1.54, 1.807) is 12.1 Å². The van der Waals surface area contributed by atoms with Gasteiger partial charge in [0.05, 0.1) is 19.7 Å². The Morgan fingerprint density at radius 1 is 1.60 bits per heavy atom. The SMILES string of the molecule is COc1ccc(C2CN=C(N)N2)cc1O. The molecule has 1 heterocycles. The fourth-order valence-electron chi connectivity index (χ4n) is 1.57. The quantitative estimate of drug-likeness (QED) is 0.654. The number of ether oxygens (including phenoxy) is 1. The van der Waals surface area contributed by atoms with Crippen molar-refractivity contribution in [3.8, 4) is 11.5 Å². The lowest BCUT2D eigenvalue weighted by atomic mass is 10.1. The number of benzene rings is 1. The molecule has 0 saturated carbocycles. The third-order valence-corrected chi connectivity index (χ3v) is 2.37. The number of phenols is 1. The van der Waals surface area contributed by atoms with Gasteiger partial charge in [0.1, 0.15) is 0 Å². The summed E-state index contributed by atoms with van der Waals surface area (Å²) in [4.78, 5) is 4.04. The number of aliphatic imine (C=N–C) groups is 1. The van der Waals surface area contributed by atoms with Gasteiger partial charge in [0.25, 0.3) is 0 Å². The van der Waals surface area contributed by atoms with Crippen molar-refractivity contribution in [3.63, 3.8) is 0 Å². The molecule has 2 rings (SSSR count). The van der Waals surface area contributed by atoms with Crippen LogP contribution in [0, 0.1) is 0 Å². The molecule has 5 nitrogen and oxygen atoms in total. The smallest absolute Gasteiger partial charge is 0.189 e. The Hall–Kier alpha value is -1.91. The molecule has 1 atom stereocenters. The van der Waals surface area contributed by atoms with E-state index < -0.39 is 0 Å². The zero-order valence-electron chi connectivity index (χ0n) is 8.40. The Bertz CT molecular complexity index is 404. The molecule has 0 bridgehead atoms. The van der Waals surface area contributed by atoms with E-state index in [1.165, 1.54) is 7.11 Å². The van der Waals surface area contributed by atoms with Crippen molar-refractivity contribution in [2.24, 2.45) is 10.7 Å². The minimum absolute atomic E-state index is 0.0433. The third-order valence-electron chi connectivity index (χ3n) is 2.37. The van der Waals surface area contributed by atoms with Gasteiger partial charge in [-0.15, -0.1) is 0 Å². The number of nitrogens with zero attached hydrogens (tertiary/aromatic N) is 1. The molecule has 80 valence electrons. The van der Waals surface area contributed by atoms with Crippen LogP contribution < -0.4 is 15.8 Å². The molecule has 0 saturated heterocycles. The molecule has 0 fully saturated rings. The highest BCUT2D eigenvalue weighted by atomic mass is 16.5. The second kappa shape index (κ2) is 3.68. The molecule has 0 amide bonds. The minimum atomic E-state index is 0.0433. The number of methoxy groups -OCH3 is 1. The molecule has 1 aliphatic heterocycles. The van der Waals surface area contributed by atoms with Crippen molar-refractivity contribution in [2.45, 2.75) is 6.04 Å². The summed E-state index contributed by atoms with van der Waals surface area (Å²) < 4.78 is 4.96. The van der Waals surface area contributed by atoms with Crippen molar-refractivity contribution >= 4 is 5.96 Å². The molecule has 1 aromatic rings. The topological polar surface area (TPSA) is 79.9 Å². The summed E-state index contributed by atoms with van der Waals surface area (Å²) in [7, 11) is 1.52. The van der Waals surface area contributed by atoms with Crippen LogP contribution in [0.15, 0.2) is 23.2 Å². The molecule has 1 aromatic carbocycles. The summed E-state index contributed by atoms with van der Waals surface area (Å²) in [6.45, 7) is 0.595. The summed E-state index contributed by atoms with van der Waals surface area (Å²) in [5.74, 6) is 1.03. The molecule has 0 spiro atoms. The number of aromatic hydroxyl groups is 1. The second-order valence-corrected chi connectivity index (χ2v) is 3.35. The number of hydrogen-bond donors (Lipinski definition) is 3. The van der Waals surface area contributed by atoms with Gasteiger partial charge in [-0.3, -0.25) is 4.99 Å². The van der Waals surface area contributed by atoms with E-state index in [2.05, 4.69) is 10.3 Å². The average Bonchev–Trinajstić information content (AvgIpc) is 2.65. The summed E-state index contributed by atoms with van der Waals surface area (Å²) >= 11 is 0. The van der Waals surface area contributed by atoms with E-state index in [-0.39, 0.29) is 11.8 Å². The number of guanidine groups is 1. The Morgan fingerprint density at radius 2 is 2.40 bits per heavy atom. The first-order chi connectivity index (χ1) is 7.20. The lowest BCUT2D eigenvalue weighted by Gasteiger charge is -2.12. The summed E-state index contributed by atoms with van der Waals surface area (Å²) in [6.07, 6.45) is 0. The first kappa shape index (κ1) is 9.64. The van der Waals surface area contributed by atoms with E-state index in [1.807, 2.05) is 6.07 Å². The van der Waals surface area contributed by atoms with Gasteiger partial charge in [0.2, 0.25) is 0 Å². The fourth-order valence-corrected chi connectivity index (χ4v) is 1.57. The first-order valence-electron chi connectivity index (χ1n) is 4.64. The summed E-state index contributed by atoms with van der Waals surface area (Å²) in [6, 6.07) is 5.30. The van der Waals surface area contributed by atoms with Crippen molar-refractivity contribution < 1.29 is 9.84 Å². The van der Waals surface area contributed by atoms with Crippen LogP contribution in [0.5, 0.6) is 11.5 Å². The van der Waals surface area contributed by atoms with Gasteiger partial charge < -0.3 is 20.9 Å². The Morgan fingerprint density at radius 3 is 2.93 bits per heavy atom. The van der Waals surface area contributed by atoms with E-state index in [0.717, 1.165) is 5.56 Å². The van der Waals surface area contributed by atoms with Crippen LogP contribution in [0.3, 0.4) is 0 Å². The van der Waals surface area contributed by atoms with Gasteiger partial charge in [-0.1, -0.05) is 6.07 Å². The highest BCUT2D eigenvalue weighted by molar-refractivity contribution is 5.80. The largest absolute Gasteiger partial charge is 0.504 e. The van der Waals surface area contributed by atoms with Gasteiger partial charge in [0, 0.05) is 0 Å². The lowest BCUT2D eigenvalue weighted by Crippen LogP contribution is -2.29. The lowest BCUT2D eigenvalue weighted by molar-refractivity contribution is 0.372. The molecule has 1 aliphatic rings. The monoisotopic (exact) mass is 207 g/mol. The van der Waals surface area contributed by atoms with Crippen LogP contribution >= 0.6 is 0 Å². The second-order valence-electron chi connectivity index (χ2n) is 3.35. The Kier molecular flexibility index (Phi) is 2.37. The van der Waals surface area contributed by atoms with Crippen LogP contribution in [-0.2, 0) is 0 Å². The van der Waals surface area contributed by atoms with E-state index in [4.69, 9.17) is 10.5 Å². The van der Waals surface area contributed by atoms with Crippen molar-refractivity contribution in [2.75, 3.05) is 13.7 Å². The molecule has 5 heteroatoms. The van der Waals surface area contributed by atoms with Gasteiger partial charge in [-0.05, 0) is 17.7 Å². The maximum atomic E-state index is 9.60. The highest BCUT2D eigenvalue weighted by Crippen LogP contribution is 2.29. The minimum Gasteiger partial charge on any atom is -0.504 e. The number of nitrogens with one attached hydrogen (secondary N) is 1. The molecule has 0 aliphatic carbocycles. The summed E-state index contributed by atoms with van der Waals surface area (Å²) in [5, 5.41) is 12.6. The van der Waals surface area contributed by atoms with E-state index in [9.17, 15) is 5.11 Å². The standard InChI is InChI=1S/C10H13N3O2/c1-15-9-3-2-6(4-8(9)14)7-5-12-10(11)13-7/h2-4,7,14H,5H2,1H3,(H3,11,12,13). The molecular weight excluding hydrogens is 194 g/mol. The number of rotatable bonds is 2. The summed E-state index contributed by atoms with van der Waals surface area (Å²) in [5.41, 5.74) is 6.45. The molecule has 1 unspecified atom stereocenters. The van der Waals surface area contributed by atoms with Crippen LogP contribution in [0.1, 0.15) is 11.6 Å². The van der Waals surface area contributed by atoms with Gasteiger partial charge in [-0.2, -0.15) is 0 Å².